The third kappa shape index (κ3) is 4.09. The van der Waals surface area contributed by atoms with Crippen molar-refractivity contribution in [3.63, 3.8) is 0 Å². The third-order valence-electron chi connectivity index (χ3n) is 6.81. The highest BCUT2D eigenvalue weighted by molar-refractivity contribution is 5.99. The monoisotopic (exact) mass is 514 g/mol. The average Bonchev–Trinajstić information content (AvgIpc) is 3.43. The van der Waals surface area contributed by atoms with Crippen LogP contribution in [0.1, 0.15) is 54.2 Å². The van der Waals surface area contributed by atoms with Crippen LogP contribution in [0.4, 0.5) is 8.78 Å². The fraction of sp³-hybridized carbons (Fsp3) is 0.207. The highest BCUT2D eigenvalue weighted by Crippen LogP contribution is 2.42. The van der Waals surface area contributed by atoms with Crippen molar-refractivity contribution >= 4 is 22.2 Å². The summed E-state index contributed by atoms with van der Waals surface area (Å²) in [6, 6.07) is 15.9. The Balaban J connectivity index is 1.50. The third-order valence-corrected chi connectivity index (χ3v) is 6.81. The summed E-state index contributed by atoms with van der Waals surface area (Å²) in [4.78, 5) is 19.0. The van der Waals surface area contributed by atoms with Crippen LogP contribution >= 0.6 is 0 Å². The van der Waals surface area contributed by atoms with Crippen LogP contribution in [0.3, 0.4) is 0 Å². The summed E-state index contributed by atoms with van der Waals surface area (Å²) in [5.74, 6) is -0.995. The maximum absolute atomic E-state index is 15.3. The molecule has 1 aliphatic rings. The molecule has 7 nitrogen and oxygen atoms in total. The first-order valence-electron chi connectivity index (χ1n) is 12.4. The number of para-hydroxylation sites is 2. The molecule has 1 N–H and O–H groups in total. The van der Waals surface area contributed by atoms with Gasteiger partial charge in [0.2, 0.25) is 0 Å². The van der Waals surface area contributed by atoms with Crippen LogP contribution in [-0.4, -0.2) is 19.7 Å². The van der Waals surface area contributed by atoms with Gasteiger partial charge in [-0.3, -0.25) is 9.51 Å². The Morgan fingerprint density at radius 2 is 1.97 bits per heavy atom. The van der Waals surface area contributed by atoms with Crippen LogP contribution in [-0.2, 0) is 19.6 Å². The number of aryl methyl sites for hydroxylation is 1. The number of H-pyrrole nitrogens is 1. The van der Waals surface area contributed by atoms with E-state index in [2.05, 4.69) is 32.2 Å². The van der Waals surface area contributed by atoms with Gasteiger partial charge in [0.25, 0.3) is 0 Å². The SMILES string of the molecule is CCCc1nc2ccccc2n1Cc1ccc2c(c1)COc1cc(F)cc(F)c1/C2=C(\C)c1noc(=O)[nH]1. The number of nitrogens with one attached hydrogen (secondary N) is 1. The molecule has 0 saturated heterocycles. The second kappa shape index (κ2) is 9.41. The first-order valence-corrected chi connectivity index (χ1v) is 12.4. The summed E-state index contributed by atoms with van der Waals surface area (Å²) in [7, 11) is 0. The van der Waals surface area contributed by atoms with E-state index in [-0.39, 0.29) is 23.7 Å². The molecular formula is C29H24F2N4O3. The molecule has 0 radical (unpaired) electrons. The van der Waals surface area contributed by atoms with Gasteiger partial charge in [0.1, 0.15) is 29.8 Å². The van der Waals surface area contributed by atoms with Crippen molar-refractivity contribution in [2.75, 3.05) is 0 Å². The predicted molar refractivity (Wildman–Crippen MR) is 139 cm³/mol. The molecule has 0 aliphatic carbocycles. The maximum Gasteiger partial charge on any atom is 0.439 e. The van der Waals surface area contributed by atoms with Gasteiger partial charge in [-0.1, -0.05) is 36.3 Å². The zero-order valence-corrected chi connectivity index (χ0v) is 20.8. The van der Waals surface area contributed by atoms with E-state index in [4.69, 9.17) is 9.72 Å². The second-order valence-corrected chi connectivity index (χ2v) is 9.34. The van der Waals surface area contributed by atoms with Crippen molar-refractivity contribution in [3.8, 4) is 5.75 Å². The molecule has 9 heteroatoms. The molecule has 38 heavy (non-hydrogen) atoms. The number of benzene rings is 3. The van der Waals surface area contributed by atoms with Crippen LogP contribution in [0.15, 0.2) is 63.9 Å². The predicted octanol–water partition coefficient (Wildman–Crippen LogP) is 5.86. The van der Waals surface area contributed by atoms with Crippen LogP contribution in [0, 0.1) is 11.6 Å². The van der Waals surface area contributed by atoms with Gasteiger partial charge in [-0.05, 0) is 48.2 Å². The number of hydrogen-bond acceptors (Lipinski definition) is 5. The number of rotatable bonds is 5. The smallest absolute Gasteiger partial charge is 0.439 e. The molecule has 0 unspecified atom stereocenters. The van der Waals surface area contributed by atoms with Crippen molar-refractivity contribution in [1.29, 1.82) is 0 Å². The van der Waals surface area contributed by atoms with Gasteiger partial charge >= 0.3 is 5.76 Å². The molecule has 3 aromatic carbocycles. The Bertz CT molecular complexity index is 1780. The van der Waals surface area contributed by atoms with Crippen molar-refractivity contribution in [1.82, 2.24) is 19.7 Å². The van der Waals surface area contributed by atoms with Crippen molar-refractivity contribution < 1.29 is 18.0 Å². The molecule has 0 bridgehead atoms. The molecule has 1 aliphatic heterocycles. The van der Waals surface area contributed by atoms with E-state index in [1.54, 1.807) is 6.92 Å². The molecule has 0 fully saturated rings. The normalized spacial score (nSPS) is 14.1. The van der Waals surface area contributed by atoms with E-state index in [0.29, 0.717) is 23.3 Å². The first-order chi connectivity index (χ1) is 18.4. The number of halogens is 2. The second-order valence-electron chi connectivity index (χ2n) is 9.34. The topological polar surface area (TPSA) is 85.9 Å². The minimum atomic E-state index is -0.772. The van der Waals surface area contributed by atoms with Crippen LogP contribution in [0.2, 0.25) is 0 Å². The summed E-state index contributed by atoms with van der Waals surface area (Å²) in [6.45, 7) is 4.53. The molecule has 6 rings (SSSR count). The number of allylic oxidation sites excluding steroid dienone is 1. The Kier molecular flexibility index (Phi) is 5.90. The Morgan fingerprint density at radius 1 is 1.13 bits per heavy atom. The van der Waals surface area contributed by atoms with Gasteiger partial charge in [-0.25, -0.2) is 18.6 Å². The van der Waals surface area contributed by atoms with Crippen LogP contribution in [0.25, 0.3) is 22.2 Å². The highest BCUT2D eigenvalue weighted by atomic mass is 19.1. The van der Waals surface area contributed by atoms with Crippen molar-refractivity contribution in [2.24, 2.45) is 0 Å². The summed E-state index contributed by atoms with van der Waals surface area (Å²) < 4.78 is 42.2. The van der Waals surface area contributed by atoms with Gasteiger partial charge in [0.05, 0.1) is 16.6 Å². The molecule has 0 amide bonds. The Hall–Kier alpha value is -4.53. The summed E-state index contributed by atoms with van der Waals surface area (Å²) in [5.41, 5.74) is 5.52. The molecule has 0 spiro atoms. The number of fused-ring (bicyclic) bond motifs is 3. The van der Waals surface area contributed by atoms with E-state index in [0.717, 1.165) is 46.9 Å². The Morgan fingerprint density at radius 3 is 2.76 bits per heavy atom. The highest BCUT2D eigenvalue weighted by Gasteiger charge is 2.27. The zero-order chi connectivity index (χ0) is 26.4. The maximum atomic E-state index is 15.3. The molecule has 3 heterocycles. The van der Waals surface area contributed by atoms with E-state index in [1.807, 2.05) is 36.4 Å². The largest absolute Gasteiger partial charge is 0.488 e. The van der Waals surface area contributed by atoms with Gasteiger partial charge in [-0.15, -0.1) is 0 Å². The summed E-state index contributed by atoms with van der Waals surface area (Å²) >= 11 is 0. The molecular weight excluding hydrogens is 490 g/mol. The van der Waals surface area contributed by atoms with E-state index >= 15 is 4.39 Å². The number of aromatic amines is 1. The number of hydrogen-bond donors (Lipinski definition) is 1. The molecule has 2 aromatic heterocycles. The lowest BCUT2D eigenvalue weighted by molar-refractivity contribution is 0.303. The van der Waals surface area contributed by atoms with Crippen molar-refractivity contribution in [3.05, 3.63) is 111 Å². The summed E-state index contributed by atoms with van der Waals surface area (Å²) in [5, 5.41) is 3.79. The fourth-order valence-electron chi connectivity index (χ4n) is 5.10. The van der Waals surface area contributed by atoms with Gasteiger partial charge in [0, 0.05) is 36.2 Å². The number of imidazole rings is 1. The lowest BCUT2D eigenvalue weighted by Gasteiger charge is -2.15. The van der Waals surface area contributed by atoms with E-state index in [1.165, 1.54) is 6.07 Å². The quantitative estimate of drug-likeness (QED) is 0.317. The lowest BCUT2D eigenvalue weighted by Crippen LogP contribution is -2.07. The number of ether oxygens (including phenoxy) is 1. The molecule has 5 aromatic rings. The van der Waals surface area contributed by atoms with Crippen LogP contribution < -0.4 is 10.5 Å². The molecule has 192 valence electrons. The summed E-state index contributed by atoms with van der Waals surface area (Å²) in [6.07, 6.45) is 1.82. The Labute approximate surface area is 216 Å². The van der Waals surface area contributed by atoms with Gasteiger partial charge in [-0.2, -0.15) is 0 Å². The fourth-order valence-corrected chi connectivity index (χ4v) is 5.10. The minimum absolute atomic E-state index is 0.0753. The molecule has 0 saturated carbocycles. The standard InChI is InChI=1S/C29H24F2N4O3/c1-3-6-25-32-22-7-4-5-8-23(22)35(25)14-17-9-10-20-18(11-17)15-37-24-13-19(30)12-21(31)27(24)26(20)16(2)28-33-29(36)38-34-28/h4-5,7-13H,3,6,14-15H2,1-2H3,(H,33,34,36)/b26-16+. The van der Waals surface area contributed by atoms with Gasteiger partial charge < -0.3 is 9.30 Å². The van der Waals surface area contributed by atoms with Gasteiger partial charge in [0.15, 0.2) is 5.82 Å². The zero-order valence-electron chi connectivity index (χ0n) is 20.8. The van der Waals surface area contributed by atoms with Crippen molar-refractivity contribution in [2.45, 2.75) is 39.8 Å². The minimum Gasteiger partial charge on any atom is -0.488 e. The molecule has 0 atom stereocenters. The average molecular weight is 515 g/mol. The van der Waals surface area contributed by atoms with E-state index < -0.39 is 17.4 Å². The van der Waals surface area contributed by atoms with Crippen LogP contribution in [0.5, 0.6) is 5.75 Å². The number of nitrogens with zero attached hydrogens (tertiary/aromatic N) is 3. The van der Waals surface area contributed by atoms with E-state index in [9.17, 15) is 9.18 Å². The number of aromatic nitrogens is 4. The first kappa shape index (κ1) is 23.8. The lowest BCUT2D eigenvalue weighted by atomic mass is 9.89.